The van der Waals surface area contributed by atoms with Crippen molar-refractivity contribution in [3.05, 3.63) is 60.9 Å². The Labute approximate surface area is 104 Å². The highest BCUT2D eigenvalue weighted by Gasteiger charge is 2.06. The van der Waals surface area contributed by atoms with Crippen LogP contribution in [0.1, 0.15) is 5.76 Å². The van der Waals surface area contributed by atoms with E-state index >= 15 is 0 Å². The van der Waals surface area contributed by atoms with Crippen molar-refractivity contribution in [1.82, 2.24) is 9.55 Å². The summed E-state index contributed by atoms with van der Waals surface area (Å²) in [6, 6.07) is 10.9. The number of nitrogens with zero attached hydrogens (tertiary/aromatic N) is 2. The van der Waals surface area contributed by atoms with Crippen molar-refractivity contribution >= 4 is 0 Å². The number of furan rings is 1. The maximum Gasteiger partial charge on any atom is 0.123 e. The second-order valence-corrected chi connectivity index (χ2v) is 4.03. The normalized spacial score (nSPS) is 10.7. The van der Waals surface area contributed by atoms with Gasteiger partial charge < -0.3 is 14.1 Å². The van der Waals surface area contributed by atoms with Gasteiger partial charge in [0.05, 0.1) is 31.0 Å². The van der Waals surface area contributed by atoms with Gasteiger partial charge in [-0.2, -0.15) is 0 Å². The van der Waals surface area contributed by atoms with E-state index in [9.17, 15) is 5.11 Å². The molecule has 2 aromatic heterocycles. The molecule has 0 bridgehead atoms. The van der Waals surface area contributed by atoms with Crippen LogP contribution in [-0.2, 0) is 6.54 Å². The fourth-order valence-corrected chi connectivity index (χ4v) is 1.89. The summed E-state index contributed by atoms with van der Waals surface area (Å²) < 4.78 is 7.33. The maximum absolute atomic E-state index is 9.29. The summed E-state index contributed by atoms with van der Waals surface area (Å²) in [5, 5.41) is 9.29. The molecular formula is C14H12N2O2. The molecule has 0 saturated carbocycles. The van der Waals surface area contributed by atoms with Gasteiger partial charge in [-0.25, -0.2) is 4.98 Å². The molecular weight excluding hydrogens is 228 g/mol. The number of aromatic nitrogens is 2. The van der Waals surface area contributed by atoms with Gasteiger partial charge in [0, 0.05) is 5.56 Å². The third-order valence-corrected chi connectivity index (χ3v) is 2.78. The van der Waals surface area contributed by atoms with Gasteiger partial charge >= 0.3 is 0 Å². The highest BCUT2D eigenvalue weighted by atomic mass is 16.3. The molecule has 2 heterocycles. The molecule has 0 fully saturated rings. The van der Waals surface area contributed by atoms with E-state index in [4.69, 9.17) is 4.42 Å². The first-order valence-electron chi connectivity index (χ1n) is 5.65. The third kappa shape index (κ3) is 2.00. The molecule has 1 aromatic carbocycles. The summed E-state index contributed by atoms with van der Waals surface area (Å²) in [6.07, 6.45) is 5.23. The molecule has 0 spiro atoms. The Bertz CT molecular complexity index is 624. The van der Waals surface area contributed by atoms with E-state index in [1.165, 1.54) is 0 Å². The number of aromatic hydroxyl groups is 1. The Hall–Kier alpha value is -2.49. The minimum Gasteiger partial charge on any atom is -0.508 e. The quantitative estimate of drug-likeness (QED) is 0.765. The van der Waals surface area contributed by atoms with Crippen molar-refractivity contribution in [2.45, 2.75) is 6.54 Å². The van der Waals surface area contributed by atoms with Crippen LogP contribution in [0.15, 0.2) is 59.6 Å². The first-order chi connectivity index (χ1) is 8.83. The van der Waals surface area contributed by atoms with E-state index in [1.54, 1.807) is 30.9 Å². The summed E-state index contributed by atoms with van der Waals surface area (Å²) in [5.74, 6) is 1.14. The Balaban J connectivity index is 1.94. The molecule has 18 heavy (non-hydrogen) atoms. The zero-order chi connectivity index (χ0) is 12.4. The van der Waals surface area contributed by atoms with Crippen LogP contribution < -0.4 is 0 Å². The van der Waals surface area contributed by atoms with E-state index in [-0.39, 0.29) is 5.75 Å². The lowest BCUT2D eigenvalue weighted by Gasteiger charge is -2.06. The number of benzene rings is 1. The highest BCUT2D eigenvalue weighted by molar-refractivity contribution is 5.59. The predicted octanol–water partition coefficient (Wildman–Crippen LogP) is 2.90. The number of hydrogen-bond acceptors (Lipinski definition) is 3. The van der Waals surface area contributed by atoms with Gasteiger partial charge in [0.15, 0.2) is 0 Å². The molecule has 0 amide bonds. The van der Waals surface area contributed by atoms with Gasteiger partial charge in [-0.15, -0.1) is 0 Å². The number of phenolic OH excluding ortho intramolecular Hbond substituents is 1. The summed E-state index contributed by atoms with van der Waals surface area (Å²) in [4.78, 5) is 4.16. The Morgan fingerprint density at radius 2 is 2.00 bits per heavy atom. The van der Waals surface area contributed by atoms with Gasteiger partial charge in [0.2, 0.25) is 0 Å². The van der Waals surface area contributed by atoms with Crippen molar-refractivity contribution in [2.24, 2.45) is 0 Å². The molecule has 3 aromatic rings. The number of phenols is 1. The van der Waals surface area contributed by atoms with Crippen molar-refractivity contribution < 1.29 is 9.52 Å². The molecule has 0 radical (unpaired) electrons. The van der Waals surface area contributed by atoms with Crippen LogP contribution in [0.5, 0.6) is 5.75 Å². The number of rotatable bonds is 3. The minimum absolute atomic E-state index is 0.260. The Morgan fingerprint density at radius 1 is 1.17 bits per heavy atom. The molecule has 90 valence electrons. The van der Waals surface area contributed by atoms with E-state index in [0.717, 1.165) is 17.0 Å². The number of imidazole rings is 1. The summed E-state index contributed by atoms with van der Waals surface area (Å²) in [5.41, 5.74) is 2.00. The van der Waals surface area contributed by atoms with E-state index in [2.05, 4.69) is 4.98 Å². The lowest BCUT2D eigenvalue weighted by molar-refractivity contribution is 0.475. The van der Waals surface area contributed by atoms with Crippen molar-refractivity contribution in [2.75, 3.05) is 0 Å². The first-order valence-corrected chi connectivity index (χ1v) is 5.65. The van der Waals surface area contributed by atoms with Gasteiger partial charge in [0.25, 0.3) is 0 Å². The topological polar surface area (TPSA) is 51.2 Å². The molecule has 3 rings (SSSR count). The molecule has 4 heteroatoms. The van der Waals surface area contributed by atoms with Crippen LogP contribution in [0.3, 0.4) is 0 Å². The van der Waals surface area contributed by atoms with Crippen LogP contribution in [0.2, 0.25) is 0 Å². The second-order valence-electron chi connectivity index (χ2n) is 4.03. The predicted molar refractivity (Wildman–Crippen MR) is 67.1 cm³/mol. The minimum atomic E-state index is 0.260. The second kappa shape index (κ2) is 4.41. The Kier molecular flexibility index (Phi) is 2.61. The lowest BCUT2D eigenvalue weighted by atomic mass is 10.1. The van der Waals surface area contributed by atoms with Crippen molar-refractivity contribution in [1.29, 1.82) is 0 Å². The SMILES string of the molecule is Oc1ccc(-c2cncn2Cc2ccco2)cc1. The smallest absolute Gasteiger partial charge is 0.123 e. The molecule has 4 nitrogen and oxygen atoms in total. The van der Waals surface area contributed by atoms with Crippen LogP contribution in [-0.4, -0.2) is 14.7 Å². The van der Waals surface area contributed by atoms with Gasteiger partial charge in [-0.05, 0) is 36.4 Å². The molecule has 0 unspecified atom stereocenters. The molecule has 1 N–H and O–H groups in total. The summed E-state index contributed by atoms with van der Waals surface area (Å²) in [6.45, 7) is 0.642. The number of hydrogen-bond donors (Lipinski definition) is 1. The molecule has 0 aliphatic heterocycles. The standard InChI is InChI=1S/C14H12N2O2/c17-12-5-3-11(4-6-12)14-8-15-10-16(14)9-13-2-1-7-18-13/h1-8,10,17H,9H2. The van der Waals surface area contributed by atoms with E-state index in [0.29, 0.717) is 6.54 Å². The molecule has 0 atom stereocenters. The largest absolute Gasteiger partial charge is 0.508 e. The zero-order valence-electron chi connectivity index (χ0n) is 9.65. The summed E-state index contributed by atoms with van der Waals surface area (Å²) >= 11 is 0. The third-order valence-electron chi connectivity index (χ3n) is 2.78. The van der Waals surface area contributed by atoms with Crippen molar-refractivity contribution in [3.8, 4) is 17.0 Å². The monoisotopic (exact) mass is 240 g/mol. The Morgan fingerprint density at radius 3 is 2.72 bits per heavy atom. The zero-order valence-corrected chi connectivity index (χ0v) is 9.65. The molecule has 0 saturated heterocycles. The van der Waals surface area contributed by atoms with Gasteiger partial charge in [0.1, 0.15) is 11.5 Å². The first kappa shape index (κ1) is 10.7. The maximum atomic E-state index is 9.29. The van der Waals surface area contributed by atoms with Crippen LogP contribution in [0.25, 0.3) is 11.3 Å². The average Bonchev–Trinajstić information content (AvgIpc) is 3.02. The van der Waals surface area contributed by atoms with Gasteiger partial charge in [-0.3, -0.25) is 0 Å². The molecule has 0 aliphatic rings. The fourth-order valence-electron chi connectivity index (χ4n) is 1.89. The van der Waals surface area contributed by atoms with Crippen LogP contribution in [0, 0.1) is 0 Å². The summed E-state index contributed by atoms with van der Waals surface area (Å²) in [7, 11) is 0. The fraction of sp³-hybridized carbons (Fsp3) is 0.0714. The van der Waals surface area contributed by atoms with Crippen molar-refractivity contribution in [3.63, 3.8) is 0 Å². The van der Waals surface area contributed by atoms with E-state index in [1.807, 2.05) is 28.8 Å². The van der Waals surface area contributed by atoms with E-state index < -0.39 is 0 Å². The average molecular weight is 240 g/mol. The van der Waals surface area contributed by atoms with Crippen LogP contribution >= 0.6 is 0 Å². The van der Waals surface area contributed by atoms with Crippen LogP contribution in [0.4, 0.5) is 0 Å². The highest BCUT2D eigenvalue weighted by Crippen LogP contribution is 2.22. The lowest BCUT2D eigenvalue weighted by Crippen LogP contribution is -1.98. The van der Waals surface area contributed by atoms with Gasteiger partial charge in [-0.1, -0.05) is 0 Å². The molecule has 0 aliphatic carbocycles.